The van der Waals surface area contributed by atoms with E-state index in [0.717, 1.165) is 0 Å². The van der Waals surface area contributed by atoms with Gasteiger partial charge in [-0.25, -0.2) is 0 Å². The van der Waals surface area contributed by atoms with E-state index in [1.54, 1.807) is 0 Å². The standard InChI is InChI=1S/C6H15NO3Si/c1-3-8-6(9-4-2)10-11-5-7/h6H,3-5,7H2,1-2H3. The molecule has 11 heavy (non-hydrogen) atoms. The molecule has 0 aromatic rings. The van der Waals surface area contributed by atoms with Crippen LogP contribution >= 0.6 is 0 Å². The van der Waals surface area contributed by atoms with Crippen LogP contribution in [-0.2, 0) is 13.9 Å². The maximum Gasteiger partial charge on any atom is 0.261 e. The van der Waals surface area contributed by atoms with Gasteiger partial charge in [0, 0.05) is 19.4 Å². The van der Waals surface area contributed by atoms with Crippen LogP contribution < -0.4 is 5.73 Å². The second-order valence-electron chi connectivity index (χ2n) is 1.67. The van der Waals surface area contributed by atoms with Gasteiger partial charge in [-0.15, -0.1) is 0 Å². The predicted molar refractivity (Wildman–Crippen MR) is 42.9 cm³/mol. The molecule has 0 saturated carbocycles. The Balaban J connectivity index is 3.34. The van der Waals surface area contributed by atoms with Crippen LogP contribution in [0.2, 0.25) is 0 Å². The largest absolute Gasteiger partial charge is 0.371 e. The van der Waals surface area contributed by atoms with Gasteiger partial charge in [0.05, 0.1) is 0 Å². The van der Waals surface area contributed by atoms with Crippen molar-refractivity contribution in [1.82, 2.24) is 0 Å². The summed E-state index contributed by atoms with van der Waals surface area (Å²) in [4.78, 5) is 0. The SMILES string of the molecule is CCOC(OCC)O[Si]CN. The van der Waals surface area contributed by atoms with E-state index >= 15 is 0 Å². The van der Waals surface area contributed by atoms with E-state index in [9.17, 15) is 0 Å². The Kier molecular flexibility index (Phi) is 8.20. The molecule has 0 aromatic carbocycles. The molecule has 0 aliphatic carbocycles. The Morgan fingerprint density at radius 3 is 2.18 bits per heavy atom. The number of nitrogens with two attached hydrogens (primary N) is 1. The van der Waals surface area contributed by atoms with Crippen LogP contribution in [0.15, 0.2) is 0 Å². The normalized spacial score (nSPS) is 10.9. The van der Waals surface area contributed by atoms with E-state index in [2.05, 4.69) is 0 Å². The third-order valence-electron chi connectivity index (χ3n) is 0.868. The summed E-state index contributed by atoms with van der Waals surface area (Å²) in [5, 5.41) is 0. The zero-order valence-corrected chi connectivity index (χ0v) is 8.00. The molecule has 0 amide bonds. The summed E-state index contributed by atoms with van der Waals surface area (Å²) in [7, 11) is 0.243. The molecule has 0 heterocycles. The van der Waals surface area contributed by atoms with Crippen LogP contribution in [0.3, 0.4) is 0 Å². The average molecular weight is 177 g/mol. The monoisotopic (exact) mass is 177 g/mol. The maximum atomic E-state index is 5.25. The van der Waals surface area contributed by atoms with Gasteiger partial charge >= 0.3 is 0 Å². The Morgan fingerprint density at radius 1 is 1.27 bits per heavy atom. The van der Waals surface area contributed by atoms with Crippen molar-refractivity contribution in [2.45, 2.75) is 20.3 Å². The van der Waals surface area contributed by atoms with Crippen LogP contribution in [0.5, 0.6) is 0 Å². The van der Waals surface area contributed by atoms with Crippen LogP contribution in [0.1, 0.15) is 13.8 Å². The molecule has 0 saturated heterocycles. The minimum Gasteiger partial charge on any atom is -0.371 e. The molecule has 0 spiro atoms. The lowest BCUT2D eigenvalue weighted by molar-refractivity contribution is -0.243. The maximum absolute atomic E-state index is 5.25. The third-order valence-corrected chi connectivity index (χ3v) is 1.39. The Hall–Kier alpha value is 0.0569. The highest BCUT2D eigenvalue weighted by atomic mass is 28.2. The molecule has 66 valence electrons. The molecule has 0 bridgehead atoms. The summed E-state index contributed by atoms with van der Waals surface area (Å²) in [6.07, 6.45) is 0.511. The molecule has 5 heteroatoms. The van der Waals surface area contributed by atoms with Gasteiger partial charge < -0.3 is 19.6 Å². The second-order valence-corrected chi connectivity index (χ2v) is 2.60. The lowest BCUT2D eigenvalue weighted by atomic mass is 10.8. The highest BCUT2D eigenvalue weighted by molar-refractivity contribution is 6.27. The van der Waals surface area contributed by atoms with Crippen LogP contribution in [-0.4, -0.2) is 35.6 Å². The molecule has 4 nitrogen and oxygen atoms in total. The zero-order valence-electron chi connectivity index (χ0n) is 7.00. The van der Waals surface area contributed by atoms with Crippen molar-refractivity contribution in [3.8, 4) is 0 Å². The molecule has 0 rings (SSSR count). The van der Waals surface area contributed by atoms with E-state index in [0.29, 0.717) is 19.4 Å². The van der Waals surface area contributed by atoms with Gasteiger partial charge in [-0.1, -0.05) is 0 Å². The highest BCUT2D eigenvalue weighted by Crippen LogP contribution is 1.95. The lowest BCUT2D eigenvalue weighted by Crippen LogP contribution is -2.26. The fraction of sp³-hybridized carbons (Fsp3) is 1.00. The summed E-state index contributed by atoms with van der Waals surface area (Å²) in [5.41, 5.74) is 5.25. The molecule has 0 unspecified atom stereocenters. The van der Waals surface area contributed by atoms with Crippen molar-refractivity contribution in [2.75, 3.05) is 19.4 Å². The third kappa shape index (κ3) is 6.45. The van der Waals surface area contributed by atoms with E-state index in [4.69, 9.17) is 19.6 Å². The molecule has 0 fully saturated rings. The first-order chi connectivity index (χ1) is 5.35. The molecule has 2 radical (unpaired) electrons. The fourth-order valence-corrected chi connectivity index (χ4v) is 0.873. The molecular formula is C6H15NO3Si. The minimum absolute atomic E-state index is 0.243. The zero-order chi connectivity index (χ0) is 8.53. The predicted octanol–water partition coefficient (Wildman–Crippen LogP) is -0.105. The van der Waals surface area contributed by atoms with Gasteiger partial charge in [0.1, 0.15) is 0 Å². The Morgan fingerprint density at radius 2 is 1.82 bits per heavy atom. The topological polar surface area (TPSA) is 53.7 Å². The quantitative estimate of drug-likeness (QED) is 0.435. The summed E-state index contributed by atoms with van der Waals surface area (Å²) >= 11 is 0. The average Bonchev–Trinajstić information content (AvgIpc) is 2.01. The fourth-order valence-electron chi connectivity index (χ4n) is 0.504. The molecular weight excluding hydrogens is 162 g/mol. The van der Waals surface area contributed by atoms with Crippen molar-refractivity contribution in [3.63, 3.8) is 0 Å². The highest BCUT2D eigenvalue weighted by Gasteiger charge is 2.06. The van der Waals surface area contributed by atoms with Crippen LogP contribution in [0, 0.1) is 0 Å². The molecule has 0 aliphatic rings. The lowest BCUT2D eigenvalue weighted by Gasteiger charge is -2.16. The Bertz CT molecular complexity index is 78.2. The van der Waals surface area contributed by atoms with Crippen molar-refractivity contribution in [1.29, 1.82) is 0 Å². The summed E-state index contributed by atoms with van der Waals surface area (Å²) < 4.78 is 15.3. The first kappa shape index (κ1) is 11.1. The van der Waals surface area contributed by atoms with Crippen molar-refractivity contribution in [3.05, 3.63) is 0 Å². The molecule has 0 atom stereocenters. The minimum atomic E-state index is -0.535. The number of hydrogen-bond donors (Lipinski definition) is 1. The molecule has 0 aromatic heterocycles. The summed E-state index contributed by atoms with van der Waals surface area (Å²) in [6.45, 7) is 4.41. The first-order valence-electron chi connectivity index (χ1n) is 3.66. The van der Waals surface area contributed by atoms with Crippen molar-refractivity contribution < 1.29 is 13.9 Å². The first-order valence-corrected chi connectivity index (χ1v) is 4.78. The molecule has 2 N–H and O–H groups in total. The van der Waals surface area contributed by atoms with Gasteiger partial charge in [0.25, 0.3) is 16.2 Å². The van der Waals surface area contributed by atoms with Gasteiger partial charge in [0.2, 0.25) is 0 Å². The number of rotatable bonds is 7. The van der Waals surface area contributed by atoms with Gasteiger partial charge in [-0.2, -0.15) is 0 Å². The number of ether oxygens (including phenoxy) is 2. The smallest absolute Gasteiger partial charge is 0.261 e. The van der Waals surface area contributed by atoms with E-state index in [-0.39, 0.29) is 9.76 Å². The van der Waals surface area contributed by atoms with Gasteiger partial charge in [-0.3, -0.25) is 0 Å². The van der Waals surface area contributed by atoms with Crippen molar-refractivity contribution >= 4 is 9.76 Å². The van der Waals surface area contributed by atoms with Gasteiger partial charge in [-0.05, 0) is 13.8 Å². The van der Waals surface area contributed by atoms with E-state index in [1.807, 2.05) is 13.8 Å². The number of hydrogen-bond acceptors (Lipinski definition) is 4. The van der Waals surface area contributed by atoms with Crippen molar-refractivity contribution in [2.24, 2.45) is 5.73 Å². The van der Waals surface area contributed by atoms with E-state index < -0.39 is 6.48 Å². The van der Waals surface area contributed by atoms with Crippen LogP contribution in [0.25, 0.3) is 0 Å². The van der Waals surface area contributed by atoms with Gasteiger partial charge in [0.15, 0.2) is 0 Å². The summed E-state index contributed by atoms with van der Waals surface area (Å²) in [6, 6.07) is 0. The second kappa shape index (κ2) is 8.16. The van der Waals surface area contributed by atoms with Crippen LogP contribution in [0.4, 0.5) is 0 Å². The molecule has 0 aliphatic heterocycles. The Labute approximate surface area is 69.9 Å². The summed E-state index contributed by atoms with van der Waals surface area (Å²) in [5.74, 6) is 0. The van der Waals surface area contributed by atoms with E-state index in [1.165, 1.54) is 0 Å².